The molecule has 0 unspecified atom stereocenters. The molecule has 0 saturated carbocycles. The highest BCUT2D eigenvalue weighted by Gasteiger charge is 2.05. The summed E-state index contributed by atoms with van der Waals surface area (Å²) in [4.78, 5) is 23.0. The van der Waals surface area contributed by atoms with E-state index in [0.717, 1.165) is 51.4 Å². The highest BCUT2D eigenvalue weighted by atomic mass is 16.5. The normalized spacial score (nSPS) is 10.8. The summed E-state index contributed by atoms with van der Waals surface area (Å²) < 4.78 is 10.3. The van der Waals surface area contributed by atoms with E-state index in [4.69, 9.17) is 9.47 Å². The van der Waals surface area contributed by atoms with Crippen molar-refractivity contribution in [2.45, 2.75) is 97.8 Å². The largest absolute Gasteiger partial charge is 0.466 e. The van der Waals surface area contributed by atoms with E-state index in [2.05, 4.69) is 6.92 Å². The number of hydrogen-bond donors (Lipinski definition) is 0. The standard InChI is InChI=1S/C20H38O4/c1-4-5-6-13-16-23-19(21)14-11-9-7-8-10-12-15-20(22)24-17-18(2)3/h18H,4-17H2,1-3H3. The van der Waals surface area contributed by atoms with Gasteiger partial charge >= 0.3 is 11.9 Å². The monoisotopic (exact) mass is 342 g/mol. The third kappa shape index (κ3) is 17.3. The summed E-state index contributed by atoms with van der Waals surface area (Å²) in [6.07, 6.45) is 11.8. The van der Waals surface area contributed by atoms with Crippen LogP contribution in [0.4, 0.5) is 0 Å². The molecule has 4 nitrogen and oxygen atoms in total. The minimum Gasteiger partial charge on any atom is -0.466 e. The van der Waals surface area contributed by atoms with Gasteiger partial charge in [0, 0.05) is 12.8 Å². The Balaban J connectivity index is 3.27. The van der Waals surface area contributed by atoms with Gasteiger partial charge in [-0.25, -0.2) is 0 Å². The minimum absolute atomic E-state index is 0.0561. The Morgan fingerprint density at radius 3 is 1.75 bits per heavy atom. The Labute approximate surface area is 148 Å². The molecule has 0 bridgehead atoms. The van der Waals surface area contributed by atoms with E-state index >= 15 is 0 Å². The maximum Gasteiger partial charge on any atom is 0.305 e. The van der Waals surface area contributed by atoms with E-state index in [-0.39, 0.29) is 11.9 Å². The van der Waals surface area contributed by atoms with Crippen LogP contribution < -0.4 is 0 Å². The molecule has 0 aromatic heterocycles. The lowest BCUT2D eigenvalue weighted by molar-refractivity contribution is -0.145. The first kappa shape index (κ1) is 22.9. The number of hydrogen-bond acceptors (Lipinski definition) is 4. The van der Waals surface area contributed by atoms with Gasteiger partial charge in [0.15, 0.2) is 0 Å². The van der Waals surface area contributed by atoms with Crippen LogP contribution in [-0.4, -0.2) is 25.2 Å². The van der Waals surface area contributed by atoms with E-state index in [1.807, 2.05) is 13.8 Å². The zero-order chi connectivity index (χ0) is 18.0. The van der Waals surface area contributed by atoms with Crippen molar-refractivity contribution >= 4 is 11.9 Å². The molecule has 0 fully saturated rings. The Morgan fingerprint density at radius 2 is 1.21 bits per heavy atom. The molecule has 0 atom stereocenters. The fourth-order valence-electron chi connectivity index (χ4n) is 2.36. The van der Waals surface area contributed by atoms with Crippen LogP contribution in [0.25, 0.3) is 0 Å². The predicted octanol–water partition coefficient (Wildman–Crippen LogP) is 5.43. The van der Waals surface area contributed by atoms with Crippen LogP contribution in [0.3, 0.4) is 0 Å². The first-order chi connectivity index (χ1) is 11.6. The predicted molar refractivity (Wildman–Crippen MR) is 97.8 cm³/mol. The molecule has 0 radical (unpaired) electrons. The van der Waals surface area contributed by atoms with E-state index in [1.165, 1.54) is 12.8 Å². The molecule has 0 aromatic carbocycles. The molecule has 142 valence electrons. The molecule has 0 aliphatic carbocycles. The number of esters is 2. The Morgan fingerprint density at radius 1 is 0.708 bits per heavy atom. The average molecular weight is 343 g/mol. The second kappa shape index (κ2) is 16.8. The molecule has 0 N–H and O–H groups in total. The molecule has 0 saturated heterocycles. The lowest BCUT2D eigenvalue weighted by Crippen LogP contribution is -2.09. The molecule has 0 amide bonds. The third-order valence-electron chi connectivity index (χ3n) is 3.85. The second-order valence-corrected chi connectivity index (χ2v) is 6.98. The van der Waals surface area contributed by atoms with Gasteiger partial charge in [-0.3, -0.25) is 9.59 Å². The van der Waals surface area contributed by atoms with Crippen molar-refractivity contribution in [1.82, 2.24) is 0 Å². The molecule has 4 heteroatoms. The Hall–Kier alpha value is -1.06. The molecular formula is C20H38O4. The van der Waals surface area contributed by atoms with Crippen molar-refractivity contribution in [3.8, 4) is 0 Å². The lowest BCUT2D eigenvalue weighted by atomic mass is 10.1. The Kier molecular flexibility index (Phi) is 16.0. The van der Waals surface area contributed by atoms with E-state index in [0.29, 0.717) is 32.0 Å². The van der Waals surface area contributed by atoms with Crippen molar-refractivity contribution in [2.75, 3.05) is 13.2 Å². The van der Waals surface area contributed by atoms with Crippen molar-refractivity contribution in [2.24, 2.45) is 5.92 Å². The molecule has 0 aliphatic rings. The zero-order valence-corrected chi connectivity index (χ0v) is 16.1. The van der Waals surface area contributed by atoms with Gasteiger partial charge in [-0.2, -0.15) is 0 Å². The fourth-order valence-corrected chi connectivity index (χ4v) is 2.36. The van der Waals surface area contributed by atoms with Gasteiger partial charge in [0.1, 0.15) is 0 Å². The fraction of sp³-hybridized carbons (Fsp3) is 0.900. The summed E-state index contributed by atoms with van der Waals surface area (Å²) >= 11 is 0. The molecule has 0 rings (SSSR count). The van der Waals surface area contributed by atoms with Crippen molar-refractivity contribution in [1.29, 1.82) is 0 Å². The van der Waals surface area contributed by atoms with Gasteiger partial charge in [0.2, 0.25) is 0 Å². The summed E-state index contributed by atoms with van der Waals surface area (Å²) in [6.45, 7) is 7.34. The SMILES string of the molecule is CCCCCCOC(=O)CCCCCCCCC(=O)OCC(C)C. The minimum atomic E-state index is -0.0783. The van der Waals surface area contributed by atoms with Crippen molar-refractivity contribution in [3.05, 3.63) is 0 Å². The summed E-state index contributed by atoms with van der Waals surface area (Å²) in [5, 5.41) is 0. The summed E-state index contributed by atoms with van der Waals surface area (Å²) in [5.74, 6) is 0.266. The maximum atomic E-state index is 11.5. The number of rotatable bonds is 16. The topological polar surface area (TPSA) is 52.6 Å². The van der Waals surface area contributed by atoms with E-state index in [9.17, 15) is 9.59 Å². The van der Waals surface area contributed by atoms with Crippen LogP contribution in [0.1, 0.15) is 97.8 Å². The first-order valence-corrected chi connectivity index (χ1v) is 9.87. The lowest BCUT2D eigenvalue weighted by Gasteiger charge is -2.07. The average Bonchev–Trinajstić information content (AvgIpc) is 2.55. The summed E-state index contributed by atoms with van der Waals surface area (Å²) in [5.41, 5.74) is 0. The molecule has 0 spiro atoms. The highest BCUT2D eigenvalue weighted by molar-refractivity contribution is 5.69. The number of unbranched alkanes of at least 4 members (excludes halogenated alkanes) is 8. The smallest absolute Gasteiger partial charge is 0.305 e. The van der Waals surface area contributed by atoms with Crippen LogP contribution in [0.5, 0.6) is 0 Å². The molecule has 0 aliphatic heterocycles. The van der Waals surface area contributed by atoms with Crippen LogP contribution >= 0.6 is 0 Å². The molecular weight excluding hydrogens is 304 g/mol. The van der Waals surface area contributed by atoms with Crippen LogP contribution in [0, 0.1) is 5.92 Å². The van der Waals surface area contributed by atoms with Gasteiger partial charge in [-0.1, -0.05) is 65.7 Å². The molecule has 0 aromatic rings. The second-order valence-electron chi connectivity index (χ2n) is 6.98. The number of ether oxygens (including phenoxy) is 2. The zero-order valence-electron chi connectivity index (χ0n) is 16.1. The van der Waals surface area contributed by atoms with Crippen LogP contribution in [0.2, 0.25) is 0 Å². The van der Waals surface area contributed by atoms with Crippen molar-refractivity contribution < 1.29 is 19.1 Å². The number of carbonyl (C=O) groups excluding carboxylic acids is 2. The highest BCUT2D eigenvalue weighted by Crippen LogP contribution is 2.10. The molecule has 24 heavy (non-hydrogen) atoms. The van der Waals surface area contributed by atoms with Gasteiger partial charge in [0.25, 0.3) is 0 Å². The van der Waals surface area contributed by atoms with Gasteiger partial charge in [0.05, 0.1) is 13.2 Å². The van der Waals surface area contributed by atoms with Crippen LogP contribution in [-0.2, 0) is 19.1 Å². The first-order valence-electron chi connectivity index (χ1n) is 9.87. The molecule has 0 heterocycles. The summed E-state index contributed by atoms with van der Waals surface area (Å²) in [6, 6.07) is 0. The Bertz CT molecular complexity index is 313. The van der Waals surface area contributed by atoms with Crippen LogP contribution in [0.15, 0.2) is 0 Å². The van der Waals surface area contributed by atoms with E-state index < -0.39 is 0 Å². The van der Waals surface area contributed by atoms with Crippen molar-refractivity contribution in [3.63, 3.8) is 0 Å². The number of carbonyl (C=O) groups is 2. The maximum absolute atomic E-state index is 11.5. The van der Waals surface area contributed by atoms with Gasteiger partial charge < -0.3 is 9.47 Å². The van der Waals surface area contributed by atoms with Gasteiger partial charge in [-0.15, -0.1) is 0 Å². The quantitative estimate of drug-likeness (QED) is 0.277. The summed E-state index contributed by atoms with van der Waals surface area (Å²) in [7, 11) is 0. The van der Waals surface area contributed by atoms with Gasteiger partial charge in [-0.05, 0) is 25.2 Å². The third-order valence-corrected chi connectivity index (χ3v) is 3.85. The van der Waals surface area contributed by atoms with E-state index in [1.54, 1.807) is 0 Å².